The Morgan fingerprint density at radius 3 is 2.52 bits per heavy atom. The van der Waals surface area contributed by atoms with E-state index < -0.39 is 0 Å². The predicted molar refractivity (Wildman–Crippen MR) is 103 cm³/mol. The van der Waals surface area contributed by atoms with E-state index in [9.17, 15) is 9.59 Å². The second kappa shape index (κ2) is 7.70. The van der Waals surface area contributed by atoms with Gasteiger partial charge in [-0.05, 0) is 36.7 Å². The van der Waals surface area contributed by atoms with Gasteiger partial charge in [0.1, 0.15) is 11.4 Å². The van der Waals surface area contributed by atoms with Crippen LogP contribution in [0.1, 0.15) is 22.1 Å². The van der Waals surface area contributed by atoms with Gasteiger partial charge < -0.3 is 9.64 Å². The molecule has 1 N–H and O–H groups in total. The number of hydrogen-bond acceptors (Lipinski definition) is 5. The van der Waals surface area contributed by atoms with Crippen molar-refractivity contribution in [3.05, 3.63) is 58.0 Å². The molecule has 0 unspecified atom stereocenters. The Bertz CT molecular complexity index is 850. The summed E-state index contributed by atoms with van der Waals surface area (Å²) in [6.45, 7) is 2.39. The third kappa shape index (κ3) is 3.57. The molecule has 2 aliphatic heterocycles. The molecule has 2 fully saturated rings. The number of nitrogens with one attached hydrogen (secondary N) is 1. The van der Waals surface area contributed by atoms with Crippen LogP contribution in [0.25, 0.3) is 0 Å². The van der Waals surface area contributed by atoms with Crippen LogP contribution in [0.4, 0.5) is 0 Å². The highest BCUT2D eigenvalue weighted by molar-refractivity contribution is 5.92. The number of hydrogen-bond donors (Lipinski definition) is 1. The number of aromatic amines is 1. The van der Waals surface area contributed by atoms with Gasteiger partial charge in [-0.25, -0.2) is 5.10 Å². The fraction of sp³-hybridized carbons (Fsp3) is 0.421. The molecule has 7 nitrogen and oxygen atoms in total. The molecule has 0 bridgehead atoms. The summed E-state index contributed by atoms with van der Waals surface area (Å²) in [5, 5.41) is 6.21. The molecule has 0 radical (unpaired) electrons. The van der Waals surface area contributed by atoms with Crippen molar-refractivity contribution in [3.63, 3.8) is 0 Å². The van der Waals surface area contributed by atoms with E-state index in [0.29, 0.717) is 24.1 Å². The van der Waals surface area contributed by atoms with E-state index in [2.05, 4.69) is 34.3 Å². The van der Waals surface area contributed by atoms with Crippen molar-refractivity contribution in [1.82, 2.24) is 20.0 Å². The van der Waals surface area contributed by atoms with Crippen molar-refractivity contribution in [3.8, 4) is 5.75 Å². The Hall–Kier alpha value is -2.38. The highest BCUT2D eigenvalue weighted by Crippen LogP contribution is 2.44. The Balaban J connectivity index is 0.00000210. The van der Waals surface area contributed by atoms with E-state index in [4.69, 9.17) is 4.74 Å². The summed E-state index contributed by atoms with van der Waals surface area (Å²) in [4.78, 5) is 28.1. The smallest absolute Gasteiger partial charge is 0.274 e. The number of ether oxygens (including phenoxy) is 1. The Kier molecular flexibility index (Phi) is 5.53. The molecule has 2 aromatic rings. The van der Waals surface area contributed by atoms with Gasteiger partial charge in [0.25, 0.3) is 11.5 Å². The quantitative estimate of drug-likeness (QED) is 0.860. The Morgan fingerprint density at radius 2 is 1.89 bits per heavy atom. The van der Waals surface area contributed by atoms with Crippen molar-refractivity contribution in [1.29, 1.82) is 0 Å². The molecule has 8 heteroatoms. The molecule has 0 aliphatic carbocycles. The van der Waals surface area contributed by atoms with Crippen LogP contribution in [0.5, 0.6) is 5.75 Å². The molecule has 144 valence electrons. The van der Waals surface area contributed by atoms with Gasteiger partial charge in [0.15, 0.2) is 0 Å². The number of fused-ring (bicyclic) bond motifs is 1. The number of halogens is 1. The molecule has 2 aliphatic rings. The second-order valence-corrected chi connectivity index (χ2v) is 7.10. The lowest BCUT2D eigenvalue weighted by Gasteiger charge is -2.27. The first-order valence-electron chi connectivity index (χ1n) is 8.76. The van der Waals surface area contributed by atoms with E-state index in [1.807, 2.05) is 17.0 Å². The fourth-order valence-electron chi connectivity index (χ4n) is 4.35. The maximum atomic E-state index is 12.7. The lowest BCUT2D eigenvalue weighted by molar-refractivity contribution is 0.0760. The zero-order valence-electron chi connectivity index (χ0n) is 15.3. The number of carbonyl (C=O) groups is 1. The molecule has 0 spiro atoms. The topological polar surface area (TPSA) is 78.5 Å². The minimum atomic E-state index is -0.305. The molecule has 2 saturated heterocycles. The van der Waals surface area contributed by atoms with Crippen LogP contribution >= 0.6 is 12.4 Å². The minimum absolute atomic E-state index is 0. The average Bonchev–Trinajstić information content (AvgIpc) is 3.18. The van der Waals surface area contributed by atoms with Crippen LogP contribution < -0.4 is 10.3 Å². The van der Waals surface area contributed by atoms with Crippen LogP contribution in [0.15, 0.2) is 41.2 Å². The van der Waals surface area contributed by atoms with Crippen molar-refractivity contribution < 1.29 is 9.53 Å². The molecule has 1 aromatic heterocycles. The van der Waals surface area contributed by atoms with Crippen LogP contribution in [0.2, 0.25) is 0 Å². The molecule has 27 heavy (non-hydrogen) atoms. The summed E-state index contributed by atoms with van der Waals surface area (Å²) in [5.41, 5.74) is 1.23. The summed E-state index contributed by atoms with van der Waals surface area (Å²) >= 11 is 0. The van der Waals surface area contributed by atoms with Gasteiger partial charge in [0, 0.05) is 37.7 Å². The summed E-state index contributed by atoms with van der Waals surface area (Å²) in [6, 6.07) is 11.3. The summed E-state index contributed by atoms with van der Waals surface area (Å²) in [5.74, 6) is 1.56. The molecule has 3 atom stereocenters. The number of benzene rings is 1. The second-order valence-electron chi connectivity index (χ2n) is 7.10. The van der Waals surface area contributed by atoms with Gasteiger partial charge in [0.2, 0.25) is 0 Å². The van der Waals surface area contributed by atoms with Gasteiger partial charge in [-0.3, -0.25) is 14.5 Å². The zero-order valence-corrected chi connectivity index (χ0v) is 16.1. The van der Waals surface area contributed by atoms with E-state index in [0.717, 1.165) is 18.8 Å². The minimum Gasteiger partial charge on any atom is -0.497 e. The Morgan fingerprint density at radius 1 is 1.15 bits per heavy atom. The highest BCUT2D eigenvalue weighted by atomic mass is 35.5. The normalized spacial score (nSPS) is 24.4. The number of nitrogens with zero attached hydrogens (tertiary/aromatic N) is 3. The van der Waals surface area contributed by atoms with Gasteiger partial charge in [0.05, 0.1) is 7.11 Å². The third-order valence-corrected chi connectivity index (χ3v) is 5.54. The SMILES string of the molecule is COc1ccc([C@H]2[C@@H]3CN(C(=O)c4ccc(=O)[nH]n4)C[C@@H]3CN2C)cc1.Cl. The van der Waals surface area contributed by atoms with Crippen LogP contribution in [-0.2, 0) is 0 Å². The monoisotopic (exact) mass is 390 g/mol. The number of rotatable bonds is 3. The Labute approximate surface area is 163 Å². The number of methoxy groups -OCH3 is 1. The lowest BCUT2D eigenvalue weighted by Crippen LogP contribution is -2.34. The van der Waals surface area contributed by atoms with E-state index >= 15 is 0 Å². The molecule has 1 aromatic carbocycles. The molecule has 0 saturated carbocycles. The van der Waals surface area contributed by atoms with Gasteiger partial charge in [-0.2, -0.15) is 5.10 Å². The molecule has 4 rings (SSSR count). The average molecular weight is 391 g/mol. The lowest BCUT2D eigenvalue weighted by atomic mass is 9.89. The van der Waals surface area contributed by atoms with Crippen LogP contribution in [0, 0.1) is 11.8 Å². The first kappa shape index (κ1) is 19.4. The number of carbonyl (C=O) groups excluding carboxylic acids is 1. The summed E-state index contributed by atoms with van der Waals surface area (Å²) < 4.78 is 5.25. The van der Waals surface area contributed by atoms with Gasteiger partial charge in [-0.15, -0.1) is 12.4 Å². The number of likely N-dealkylation sites (tertiary alicyclic amines) is 2. The number of aromatic nitrogens is 2. The summed E-state index contributed by atoms with van der Waals surface area (Å²) in [7, 11) is 3.81. The van der Waals surface area contributed by atoms with Crippen molar-refractivity contribution in [2.45, 2.75) is 6.04 Å². The predicted octanol–water partition coefficient (Wildman–Crippen LogP) is 1.58. The molecule has 3 heterocycles. The molecular weight excluding hydrogens is 368 g/mol. The van der Waals surface area contributed by atoms with Crippen molar-refractivity contribution in [2.75, 3.05) is 33.8 Å². The van der Waals surface area contributed by atoms with Crippen molar-refractivity contribution >= 4 is 18.3 Å². The van der Waals surface area contributed by atoms with E-state index in [1.54, 1.807) is 7.11 Å². The highest BCUT2D eigenvalue weighted by Gasteiger charge is 2.47. The zero-order chi connectivity index (χ0) is 18.3. The maximum Gasteiger partial charge on any atom is 0.274 e. The first-order valence-corrected chi connectivity index (χ1v) is 8.76. The summed E-state index contributed by atoms with van der Waals surface area (Å²) in [6.07, 6.45) is 0. The maximum absolute atomic E-state index is 12.7. The van der Waals surface area contributed by atoms with Crippen LogP contribution in [-0.4, -0.2) is 59.7 Å². The van der Waals surface area contributed by atoms with Gasteiger partial charge >= 0.3 is 0 Å². The van der Waals surface area contributed by atoms with Crippen molar-refractivity contribution in [2.24, 2.45) is 11.8 Å². The first-order chi connectivity index (χ1) is 12.6. The number of H-pyrrole nitrogens is 1. The largest absolute Gasteiger partial charge is 0.497 e. The fourth-order valence-corrected chi connectivity index (χ4v) is 4.35. The molecule has 1 amide bonds. The van der Waals surface area contributed by atoms with E-state index in [-0.39, 0.29) is 29.9 Å². The van der Waals surface area contributed by atoms with Gasteiger partial charge in [-0.1, -0.05) is 12.1 Å². The number of amides is 1. The standard InChI is InChI=1S/C19H22N4O3.ClH/c1-22-9-13-10-23(19(25)16-7-8-17(24)21-20-16)11-15(13)18(22)12-3-5-14(26-2)6-4-12;/h3-8,13,15,18H,9-11H2,1-2H3,(H,21,24);1H/t13-,15+,18-;/m0./s1. The van der Waals surface area contributed by atoms with E-state index in [1.165, 1.54) is 17.7 Å². The molecular formula is C19H23ClN4O3. The third-order valence-electron chi connectivity index (χ3n) is 5.54. The van der Waals surface area contributed by atoms with Crippen LogP contribution in [0.3, 0.4) is 0 Å².